The molecule has 1 saturated carbocycles. The molecule has 0 radical (unpaired) electrons. The Bertz CT molecular complexity index is 338. The lowest BCUT2D eigenvalue weighted by Gasteiger charge is -2.35. The quantitative estimate of drug-likeness (QED) is 0.853. The third-order valence-electron chi connectivity index (χ3n) is 5.19. The van der Waals surface area contributed by atoms with Crippen molar-refractivity contribution < 1.29 is 14.6 Å². The van der Waals surface area contributed by atoms with Gasteiger partial charge in [-0.05, 0) is 45.1 Å². The maximum Gasteiger partial charge on any atom is 0.320 e. The van der Waals surface area contributed by atoms with Crippen LogP contribution in [0.1, 0.15) is 57.8 Å². The molecule has 0 aromatic heterocycles. The summed E-state index contributed by atoms with van der Waals surface area (Å²) in [7, 11) is 0. The summed E-state index contributed by atoms with van der Waals surface area (Å²) in [6, 6.07) is -0.280. The van der Waals surface area contributed by atoms with Crippen LogP contribution in [0.25, 0.3) is 0 Å². The van der Waals surface area contributed by atoms with E-state index < -0.39 is 5.97 Å². The molecule has 0 aromatic carbocycles. The van der Waals surface area contributed by atoms with Crippen molar-refractivity contribution in [3.05, 3.63) is 0 Å². The van der Waals surface area contributed by atoms with E-state index in [1.165, 1.54) is 32.1 Å². The van der Waals surface area contributed by atoms with Gasteiger partial charge in [0, 0.05) is 6.54 Å². The number of rotatable bonds is 3. The molecule has 0 bridgehead atoms. The number of aliphatic carboxylic acids is 1. The van der Waals surface area contributed by atoms with Gasteiger partial charge in [0.2, 0.25) is 0 Å². The van der Waals surface area contributed by atoms with E-state index in [4.69, 9.17) is 4.74 Å². The molecule has 1 aliphatic carbocycles. The summed E-state index contributed by atoms with van der Waals surface area (Å²) in [6.07, 6.45) is 10.6. The van der Waals surface area contributed by atoms with Crippen molar-refractivity contribution in [1.82, 2.24) is 4.90 Å². The minimum Gasteiger partial charge on any atom is -0.480 e. The van der Waals surface area contributed by atoms with E-state index in [0.717, 1.165) is 38.8 Å². The summed E-state index contributed by atoms with van der Waals surface area (Å²) in [5.74, 6) is -0.659. The Morgan fingerprint density at radius 1 is 1.16 bits per heavy atom. The normalized spacial score (nSPS) is 34.9. The van der Waals surface area contributed by atoms with Crippen LogP contribution in [0.15, 0.2) is 0 Å². The van der Waals surface area contributed by atoms with Crippen LogP contribution in [0.3, 0.4) is 0 Å². The minimum atomic E-state index is -0.659. The average Bonchev–Trinajstić information content (AvgIpc) is 3.01. The van der Waals surface area contributed by atoms with Crippen molar-refractivity contribution in [3.63, 3.8) is 0 Å². The van der Waals surface area contributed by atoms with Crippen molar-refractivity contribution >= 4 is 5.97 Å². The van der Waals surface area contributed by atoms with Gasteiger partial charge in [-0.2, -0.15) is 0 Å². The fourth-order valence-electron chi connectivity index (χ4n) is 4.16. The lowest BCUT2D eigenvalue weighted by atomic mass is 9.98. The lowest BCUT2D eigenvalue weighted by Crippen LogP contribution is -2.48. The second-order valence-electron chi connectivity index (χ2n) is 6.51. The van der Waals surface area contributed by atoms with E-state index in [1.54, 1.807) is 0 Å². The van der Waals surface area contributed by atoms with Gasteiger partial charge in [0.05, 0.1) is 11.7 Å². The Hall–Kier alpha value is -0.610. The molecular weight excluding hydrogens is 242 g/mol. The maximum absolute atomic E-state index is 11.3. The summed E-state index contributed by atoms with van der Waals surface area (Å²) in [5.41, 5.74) is 0.166. The molecule has 2 unspecified atom stereocenters. The third kappa shape index (κ3) is 2.79. The fourth-order valence-corrected chi connectivity index (χ4v) is 4.16. The molecular formula is C15H25NO3. The predicted molar refractivity (Wildman–Crippen MR) is 72.2 cm³/mol. The number of carbonyl (C=O) groups is 1. The molecule has 1 N–H and O–H groups in total. The first kappa shape index (κ1) is 13.4. The number of likely N-dealkylation sites (tertiary alicyclic amines) is 1. The van der Waals surface area contributed by atoms with Crippen LogP contribution in [-0.4, -0.2) is 46.8 Å². The standard InChI is InChI=1S/C15H25NO3/c17-14(18)13-5-1-4-10-16(13)11-12-6-9-15(19-12)7-2-3-8-15/h12-13H,1-11H2,(H,17,18). The Labute approximate surface area is 115 Å². The topological polar surface area (TPSA) is 49.8 Å². The van der Waals surface area contributed by atoms with Gasteiger partial charge in [0.25, 0.3) is 0 Å². The van der Waals surface area contributed by atoms with Crippen LogP contribution in [0, 0.1) is 0 Å². The van der Waals surface area contributed by atoms with E-state index >= 15 is 0 Å². The molecule has 4 nitrogen and oxygen atoms in total. The Balaban J connectivity index is 1.57. The van der Waals surface area contributed by atoms with E-state index in [9.17, 15) is 9.90 Å². The number of hydrogen-bond acceptors (Lipinski definition) is 3. The highest BCUT2D eigenvalue weighted by Gasteiger charge is 2.43. The van der Waals surface area contributed by atoms with Gasteiger partial charge in [0.1, 0.15) is 6.04 Å². The van der Waals surface area contributed by atoms with Gasteiger partial charge < -0.3 is 9.84 Å². The van der Waals surface area contributed by atoms with Crippen molar-refractivity contribution in [3.8, 4) is 0 Å². The number of ether oxygens (including phenoxy) is 1. The molecule has 4 heteroatoms. The van der Waals surface area contributed by atoms with E-state index in [-0.39, 0.29) is 17.7 Å². The number of piperidine rings is 1. The van der Waals surface area contributed by atoms with Crippen molar-refractivity contribution in [2.75, 3.05) is 13.1 Å². The third-order valence-corrected chi connectivity index (χ3v) is 5.19. The average molecular weight is 267 g/mol. The molecule has 0 aromatic rings. The van der Waals surface area contributed by atoms with Gasteiger partial charge in [-0.15, -0.1) is 0 Å². The highest BCUT2D eigenvalue weighted by Crippen LogP contribution is 2.43. The van der Waals surface area contributed by atoms with Gasteiger partial charge in [-0.25, -0.2) is 0 Å². The molecule has 3 fully saturated rings. The number of carboxylic acids is 1. The zero-order valence-electron chi connectivity index (χ0n) is 11.6. The van der Waals surface area contributed by atoms with Gasteiger partial charge in [0.15, 0.2) is 0 Å². The number of hydrogen-bond donors (Lipinski definition) is 1. The summed E-state index contributed by atoms with van der Waals surface area (Å²) >= 11 is 0. The largest absolute Gasteiger partial charge is 0.480 e. The van der Waals surface area contributed by atoms with Crippen molar-refractivity contribution in [1.29, 1.82) is 0 Å². The Kier molecular flexibility index (Phi) is 3.81. The first-order chi connectivity index (χ1) is 9.19. The second-order valence-corrected chi connectivity index (χ2v) is 6.51. The summed E-state index contributed by atoms with van der Waals surface area (Å²) < 4.78 is 6.31. The molecule has 3 rings (SSSR count). The Morgan fingerprint density at radius 3 is 2.68 bits per heavy atom. The molecule has 3 aliphatic rings. The molecule has 2 atom stereocenters. The molecule has 108 valence electrons. The summed E-state index contributed by atoms with van der Waals surface area (Å²) in [6.45, 7) is 1.74. The second kappa shape index (κ2) is 5.41. The SMILES string of the molecule is O=C(O)C1CCCCN1CC1CCC2(CCCC2)O1. The van der Waals surface area contributed by atoms with Crippen LogP contribution < -0.4 is 0 Å². The molecule has 2 aliphatic heterocycles. The number of carboxylic acid groups (broad SMARTS) is 1. The van der Waals surface area contributed by atoms with Crippen LogP contribution in [0.5, 0.6) is 0 Å². The molecule has 19 heavy (non-hydrogen) atoms. The highest BCUT2D eigenvalue weighted by molar-refractivity contribution is 5.73. The number of nitrogens with zero attached hydrogens (tertiary/aromatic N) is 1. The van der Waals surface area contributed by atoms with Crippen LogP contribution in [0.4, 0.5) is 0 Å². The van der Waals surface area contributed by atoms with E-state index in [1.807, 2.05) is 0 Å². The zero-order chi connectivity index (χ0) is 13.3. The van der Waals surface area contributed by atoms with E-state index in [0.29, 0.717) is 0 Å². The van der Waals surface area contributed by atoms with Gasteiger partial charge >= 0.3 is 5.97 Å². The maximum atomic E-state index is 11.3. The first-order valence-electron chi connectivity index (χ1n) is 7.83. The first-order valence-corrected chi connectivity index (χ1v) is 7.83. The minimum absolute atomic E-state index is 0.166. The van der Waals surface area contributed by atoms with Crippen molar-refractivity contribution in [2.24, 2.45) is 0 Å². The van der Waals surface area contributed by atoms with Crippen LogP contribution >= 0.6 is 0 Å². The highest BCUT2D eigenvalue weighted by atomic mass is 16.5. The van der Waals surface area contributed by atoms with Gasteiger partial charge in [-0.3, -0.25) is 9.69 Å². The molecule has 1 spiro atoms. The monoisotopic (exact) mass is 267 g/mol. The van der Waals surface area contributed by atoms with E-state index in [2.05, 4.69) is 4.90 Å². The van der Waals surface area contributed by atoms with Crippen LogP contribution in [0.2, 0.25) is 0 Å². The summed E-state index contributed by atoms with van der Waals surface area (Å²) in [5, 5.41) is 9.31. The van der Waals surface area contributed by atoms with Gasteiger partial charge in [-0.1, -0.05) is 19.3 Å². The molecule has 0 amide bonds. The smallest absolute Gasteiger partial charge is 0.320 e. The fraction of sp³-hybridized carbons (Fsp3) is 0.933. The lowest BCUT2D eigenvalue weighted by molar-refractivity contribution is -0.145. The predicted octanol–water partition coefficient (Wildman–Crippen LogP) is 2.42. The Morgan fingerprint density at radius 2 is 1.95 bits per heavy atom. The molecule has 2 saturated heterocycles. The van der Waals surface area contributed by atoms with Crippen LogP contribution in [-0.2, 0) is 9.53 Å². The van der Waals surface area contributed by atoms with Crippen molar-refractivity contribution in [2.45, 2.75) is 75.5 Å². The zero-order valence-corrected chi connectivity index (χ0v) is 11.6. The molecule has 2 heterocycles. The summed E-state index contributed by atoms with van der Waals surface area (Å²) in [4.78, 5) is 13.4.